The summed E-state index contributed by atoms with van der Waals surface area (Å²) >= 11 is 1.34. The normalized spacial score (nSPS) is 10.0. The molecule has 0 saturated heterocycles. The molecule has 84 valence electrons. The van der Waals surface area contributed by atoms with Crippen LogP contribution in [0.25, 0.3) is 0 Å². The molecule has 0 aliphatic heterocycles. The number of carbonyl (C=O) groups excluding carboxylic acids is 1. The summed E-state index contributed by atoms with van der Waals surface area (Å²) in [6.45, 7) is 5.66. The number of rotatable bonds is 5. The zero-order valence-electron chi connectivity index (χ0n) is 8.99. The molecule has 0 aliphatic carbocycles. The highest BCUT2D eigenvalue weighted by Gasteiger charge is 2.09. The number of thiazole rings is 1. The summed E-state index contributed by atoms with van der Waals surface area (Å²) in [5.74, 6) is 0.0776. The van der Waals surface area contributed by atoms with E-state index in [-0.39, 0.29) is 12.5 Å². The molecule has 1 heterocycles. The maximum Gasteiger partial charge on any atom is 0.241 e. The Labute approximate surface area is 93.3 Å². The highest BCUT2D eigenvalue weighted by Crippen LogP contribution is 2.18. The van der Waals surface area contributed by atoms with Gasteiger partial charge in [-0.1, -0.05) is 11.3 Å². The summed E-state index contributed by atoms with van der Waals surface area (Å²) in [5, 5.41) is 4.28. The van der Waals surface area contributed by atoms with Crippen LogP contribution in [-0.4, -0.2) is 35.4 Å². The van der Waals surface area contributed by atoms with E-state index in [0.717, 1.165) is 13.1 Å². The second-order valence-corrected chi connectivity index (χ2v) is 4.05. The highest BCUT2D eigenvalue weighted by molar-refractivity contribution is 7.19. The lowest BCUT2D eigenvalue weighted by Gasteiger charge is -2.18. The quantitative estimate of drug-likeness (QED) is 0.789. The molecule has 0 atom stereocenters. The van der Waals surface area contributed by atoms with Gasteiger partial charge in [0.25, 0.3) is 0 Å². The average Bonchev–Trinajstić information content (AvgIpc) is 2.63. The number of amides is 1. The fraction of sp³-hybridized carbons (Fsp3) is 0.556. The minimum atomic E-state index is 0.0776. The molecule has 3 N–H and O–H groups in total. The lowest BCUT2D eigenvalue weighted by atomic mass is 10.4. The first-order valence-corrected chi connectivity index (χ1v) is 5.72. The second kappa shape index (κ2) is 5.55. The van der Waals surface area contributed by atoms with E-state index in [2.05, 4.69) is 10.3 Å². The van der Waals surface area contributed by atoms with Crippen LogP contribution in [0.15, 0.2) is 6.20 Å². The van der Waals surface area contributed by atoms with Crippen molar-refractivity contribution in [2.24, 2.45) is 0 Å². The molecule has 0 aromatic carbocycles. The topological polar surface area (TPSA) is 71.2 Å². The first-order valence-electron chi connectivity index (χ1n) is 4.90. The standard InChI is InChI=1S/C9H16N4OS/c1-3-13(4-2)8(14)6-12-9-11-5-7(10)15-9/h5H,3-4,6,10H2,1-2H3,(H,11,12). The molecule has 1 aromatic heterocycles. The van der Waals surface area contributed by atoms with Crippen molar-refractivity contribution >= 4 is 27.4 Å². The van der Waals surface area contributed by atoms with Crippen molar-refractivity contribution in [1.82, 2.24) is 9.88 Å². The third kappa shape index (κ3) is 3.39. The van der Waals surface area contributed by atoms with E-state index >= 15 is 0 Å². The molecule has 15 heavy (non-hydrogen) atoms. The van der Waals surface area contributed by atoms with Crippen molar-refractivity contribution in [1.29, 1.82) is 0 Å². The fourth-order valence-corrected chi connectivity index (χ4v) is 1.79. The van der Waals surface area contributed by atoms with Gasteiger partial charge in [-0.15, -0.1) is 0 Å². The molecule has 1 amide bonds. The van der Waals surface area contributed by atoms with Gasteiger partial charge >= 0.3 is 0 Å². The first-order chi connectivity index (χ1) is 7.17. The summed E-state index contributed by atoms with van der Waals surface area (Å²) < 4.78 is 0. The van der Waals surface area contributed by atoms with Crippen LogP contribution >= 0.6 is 11.3 Å². The van der Waals surface area contributed by atoms with E-state index < -0.39 is 0 Å². The van der Waals surface area contributed by atoms with Crippen LogP contribution in [0.5, 0.6) is 0 Å². The van der Waals surface area contributed by atoms with Gasteiger partial charge in [0.2, 0.25) is 5.91 Å². The summed E-state index contributed by atoms with van der Waals surface area (Å²) in [4.78, 5) is 17.4. The molecule has 5 nitrogen and oxygen atoms in total. The van der Waals surface area contributed by atoms with Crippen molar-refractivity contribution in [2.75, 3.05) is 30.7 Å². The number of aromatic nitrogens is 1. The molecule has 1 aromatic rings. The lowest BCUT2D eigenvalue weighted by Crippen LogP contribution is -2.35. The Balaban J connectivity index is 2.40. The maximum atomic E-state index is 11.6. The predicted octanol–water partition coefficient (Wildman–Crippen LogP) is 1.01. The number of hydrogen-bond acceptors (Lipinski definition) is 5. The van der Waals surface area contributed by atoms with Gasteiger partial charge in [-0.2, -0.15) is 0 Å². The van der Waals surface area contributed by atoms with Gasteiger partial charge in [-0.25, -0.2) is 4.98 Å². The summed E-state index contributed by atoms with van der Waals surface area (Å²) in [5.41, 5.74) is 5.52. The fourth-order valence-electron chi connectivity index (χ4n) is 1.21. The number of nitrogens with zero attached hydrogens (tertiary/aromatic N) is 2. The van der Waals surface area contributed by atoms with Crippen LogP contribution in [0.4, 0.5) is 10.1 Å². The van der Waals surface area contributed by atoms with Crippen molar-refractivity contribution in [3.05, 3.63) is 6.20 Å². The van der Waals surface area contributed by atoms with Crippen LogP contribution in [0, 0.1) is 0 Å². The monoisotopic (exact) mass is 228 g/mol. The predicted molar refractivity (Wildman–Crippen MR) is 62.9 cm³/mol. The van der Waals surface area contributed by atoms with Crippen LogP contribution in [0.2, 0.25) is 0 Å². The van der Waals surface area contributed by atoms with Crippen molar-refractivity contribution < 1.29 is 4.79 Å². The molecule has 0 fully saturated rings. The molecule has 1 rings (SSSR count). The largest absolute Gasteiger partial charge is 0.389 e. The molecule has 0 saturated carbocycles. The minimum Gasteiger partial charge on any atom is -0.389 e. The summed E-state index contributed by atoms with van der Waals surface area (Å²) in [6, 6.07) is 0. The maximum absolute atomic E-state index is 11.6. The van der Waals surface area contributed by atoms with Crippen molar-refractivity contribution in [3.8, 4) is 0 Å². The first kappa shape index (κ1) is 11.8. The lowest BCUT2D eigenvalue weighted by molar-refractivity contribution is -0.128. The molecule has 6 heteroatoms. The van der Waals surface area contributed by atoms with E-state index in [9.17, 15) is 4.79 Å². The number of hydrogen-bond donors (Lipinski definition) is 2. The van der Waals surface area contributed by atoms with Crippen molar-refractivity contribution in [2.45, 2.75) is 13.8 Å². The third-order valence-electron chi connectivity index (χ3n) is 2.03. The molecule has 0 spiro atoms. The van der Waals surface area contributed by atoms with Gasteiger partial charge < -0.3 is 16.0 Å². The highest BCUT2D eigenvalue weighted by atomic mass is 32.1. The number of nitrogens with two attached hydrogens (primary N) is 1. The number of likely N-dealkylation sites (N-methyl/N-ethyl adjacent to an activating group) is 1. The van der Waals surface area contributed by atoms with Crippen LogP contribution in [0.1, 0.15) is 13.8 Å². The summed E-state index contributed by atoms with van der Waals surface area (Å²) in [6.07, 6.45) is 1.58. The molecule has 0 bridgehead atoms. The number of carbonyl (C=O) groups is 1. The zero-order chi connectivity index (χ0) is 11.3. The van der Waals surface area contributed by atoms with Gasteiger partial charge in [0.1, 0.15) is 5.00 Å². The van der Waals surface area contributed by atoms with Gasteiger partial charge in [-0.3, -0.25) is 4.79 Å². The Morgan fingerprint density at radius 3 is 2.73 bits per heavy atom. The summed E-state index contributed by atoms with van der Waals surface area (Å²) in [7, 11) is 0. The van der Waals surface area contributed by atoms with Crippen LogP contribution in [0.3, 0.4) is 0 Å². The Morgan fingerprint density at radius 2 is 2.27 bits per heavy atom. The van der Waals surface area contributed by atoms with E-state index in [4.69, 9.17) is 5.73 Å². The van der Waals surface area contributed by atoms with Crippen LogP contribution in [-0.2, 0) is 4.79 Å². The molecular formula is C9H16N4OS. The zero-order valence-corrected chi connectivity index (χ0v) is 9.80. The SMILES string of the molecule is CCN(CC)C(=O)CNc1ncc(N)s1. The number of anilines is 2. The average molecular weight is 228 g/mol. The van der Waals surface area contributed by atoms with Gasteiger partial charge in [0.15, 0.2) is 5.13 Å². The number of nitrogen functional groups attached to an aromatic ring is 1. The van der Waals surface area contributed by atoms with E-state index in [0.29, 0.717) is 10.1 Å². The Bertz CT molecular complexity index is 322. The van der Waals surface area contributed by atoms with Crippen molar-refractivity contribution in [3.63, 3.8) is 0 Å². The Kier molecular flexibility index (Phi) is 4.36. The van der Waals surface area contributed by atoms with E-state index in [1.807, 2.05) is 13.8 Å². The van der Waals surface area contributed by atoms with E-state index in [1.165, 1.54) is 11.3 Å². The van der Waals surface area contributed by atoms with Gasteiger partial charge in [0, 0.05) is 13.1 Å². The minimum absolute atomic E-state index is 0.0776. The van der Waals surface area contributed by atoms with E-state index in [1.54, 1.807) is 11.1 Å². The molecule has 0 unspecified atom stereocenters. The third-order valence-corrected chi connectivity index (χ3v) is 2.81. The van der Waals surface area contributed by atoms with Crippen LogP contribution < -0.4 is 11.1 Å². The van der Waals surface area contributed by atoms with Gasteiger partial charge in [0.05, 0.1) is 12.7 Å². The smallest absolute Gasteiger partial charge is 0.241 e. The second-order valence-electron chi connectivity index (χ2n) is 2.99. The number of nitrogens with one attached hydrogen (secondary N) is 1. The Hall–Kier alpha value is -1.30. The molecular weight excluding hydrogens is 212 g/mol. The molecule has 0 aliphatic rings. The molecule has 0 radical (unpaired) electrons. The van der Waals surface area contributed by atoms with Gasteiger partial charge in [-0.05, 0) is 13.8 Å². The Morgan fingerprint density at radius 1 is 1.60 bits per heavy atom.